The number of aryl methyl sites for hydroxylation is 1. The van der Waals surface area contributed by atoms with Gasteiger partial charge in [0.05, 0.1) is 0 Å². The third-order valence-electron chi connectivity index (χ3n) is 3.18. The van der Waals surface area contributed by atoms with E-state index in [1.165, 1.54) is 0 Å². The van der Waals surface area contributed by atoms with Gasteiger partial charge in [0.15, 0.2) is 11.6 Å². The molecule has 0 fully saturated rings. The first-order valence-electron chi connectivity index (χ1n) is 6.34. The lowest BCUT2D eigenvalue weighted by Gasteiger charge is -2.12. The van der Waals surface area contributed by atoms with Crippen molar-refractivity contribution in [1.29, 1.82) is 0 Å². The summed E-state index contributed by atoms with van der Waals surface area (Å²) < 4.78 is 27.7. The predicted octanol–water partition coefficient (Wildman–Crippen LogP) is 5.29. The second-order valence-electron chi connectivity index (χ2n) is 4.35. The zero-order valence-corrected chi connectivity index (χ0v) is 11.3. The fourth-order valence-electron chi connectivity index (χ4n) is 1.86. The minimum Gasteiger partial charge on any atom is -0.203 e. The highest BCUT2D eigenvalue weighted by molar-refractivity contribution is 5.68. The van der Waals surface area contributed by atoms with Gasteiger partial charge >= 0.3 is 0 Å². The first-order valence-corrected chi connectivity index (χ1v) is 6.34. The van der Waals surface area contributed by atoms with E-state index in [0.29, 0.717) is 24.0 Å². The molecule has 0 saturated carbocycles. The van der Waals surface area contributed by atoms with Crippen molar-refractivity contribution < 1.29 is 8.78 Å². The van der Waals surface area contributed by atoms with Crippen molar-refractivity contribution in [3.63, 3.8) is 0 Å². The molecule has 0 aliphatic rings. The fraction of sp³-hybridized carbons (Fsp3) is 0.375. The Balaban J connectivity index is 3.16. The highest BCUT2D eigenvalue weighted by Crippen LogP contribution is 2.28. The topological polar surface area (TPSA) is 0 Å². The summed E-state index contributed by atoms with van der Waals surface area (Å²) in [4.78, 5) is 0. The zero-order valence-electron chi connectivity index (χ0n) is 11.3. The van der Waals surface area contributed by atoms with Crippen molar-refractivity contribution in [2.45, 2.75) is 40.0 Å². The van der Waals surface area contributed by atoms with Crippen molar-refractivity contribution in [3.8, 4) is 0 Å². The molecule has 1 rings (SSSR count). The van der Waals surface area contributed by atoms with Crippen LogP contribution in [0.15, 0.2) is 30.4 Å². The second kappa shape index (κ2) is 6.48. The summed E-state index contributed by atoms with van der Waals surface area (Å²) in [7, 11) is 0. The second-order valence-corrected chi connectivity index (χ2v) is 4.35. The van der Waals surface area contributed by atoms with Crippen LogP contribution in [0, 0.1) is 11.6 Å². The monoisotopic (exact) mass is 250 g/mol. The first kappa shape index (κ1) is 14.6. The molecule has 2 heteroatoms. The van der Waals surface area contributed by atoms with Gasteiger partial charge in [-0.3, -0.25) is 0 Å². The van der Waals surface area contributed by atoms with Gasteiger partial charge in [-0.2, -0.15) is 0 Å². The van der Waals surface area contributed by atoms with E-state index in [1.54, 1.807) is 12.1 Å². The molecule has 0 heterocycles. The number of hydrogen-bond donors (Lipinski definition) is 0. The third-order valence-corrected chi connectivity index (χ3v) is 3.18. The Bertz CT molecular complexity index is 470. The molecule has 98 valence electrons. The van der Waals surface area contributed by atoms with Gasteiger partial charge in [-0.15, -0.1) is 0 Å². The van der Waals surface area contributed by atoms with Crippen LogP contribution in [-0.2, 0) is 6.42 Å². The smallest absolute Gasteiger partial charge is 0.166 e. The van der Waals surface area contributed by atoms with Gasteiger partial charge in [-0.1, -0.05) is 44.2 Å². The molecule has 0 saturated heterocycles. The molecule has 0 nitrogen and oxygen atoms in total. The van der Waals surface area contributed by atoms with E-state index >= 15 is 0 Å². The van der Waals surface area contributed by atoms with Crippen LogP contribution in [0.25, 0.3) is 5.57 Å². The number of halogens is 2. The summed E-state index contributed by atoms with van der Waals surface area (Å²) in [6.07, 6.45) is 3.75. The Morgan fingerprint density at radius 3 is 2.39 bits per heavy atom. The van der Waals surface area contributed by atoms with E-state index in [1.807, 2.05) is 26.8 Å². The SMILES string of the molecule is C=C(CC)C/C(=C\C)c1ccc(CC)c(F)c1F. The quantitative estimate of drug-likeness (QED) is 0.623. The van der Waals surface area contributed by atoms with E-state index in [9.17, 15) is 8.78 Å². The molecule has 0 aliphatic heterocycles. The molecule has 0 bridgehead atoms. The number of benzene rings is 1. The first-order chi connectivity index (χ1) is 8.54. The molecular formula is C16H20F2. The van der Waals surface area contributed by atoms with Crippen LogP contribution in [0.2, 0.25) is 0 Å². The Kier molecular flexibility index (Phi) is 5.26. The van der Waals surface area contributed by atoms with E-state index < -0.39 is 11.6 Å². The largest absolute Gasteiger partial charge is 0.203 e. The molecule has 1 aromatic rings. The van der Waals surface area contributed by atoms with Gasteiger partial charge in [0, 0.05) is 5.56 Å². The molecular weight excluding hydrogens is 230 g/mol. The molecule has 0 radical (unpaired) electrons. The van der Waals surface area contributed by atoms with Crippen molar-refractivity contribution in [2.24, 2.45) is 0 Å². The molecule has 1 aromatic carbocycles. The fourth-order valence-corrected chi connectivity index (χ4v) is 1.86. The van der Waals surface area contributed by atoms with Gasteiger partial charge in [-0.05, 0) is 37.3 Å². The van der Waals surface area contributed by atoms with Crippen LogP contribution in [0.1, 0.15) is 44.7 Å². The van der Waals surface area contributed by atoms with E-state index in [2.05, 4.69) is 6.58 Å². The average Bonchev–Trinajstić information content (AvgIpc) is 2.39. The molecule has 0 spiro atoms. The molecule has 18 heavy (non-hydrogen) atoms. The minimum atomic E-state index is -0.744. The highest BCUT2D eigenvalue weighted by atomic mass is 19.2. The van der Waals surface area contributed by atoms with Crippen LogP contribution in [0.5, 0.6) is 0 Å². The predicted molar refractivity (Wildman–Crippen MR) is 73.4 cm³/mol. The lowest BCUT2D eigenvalue weighted by atomic mass is 9.95. The lowest BCUT2D eigenvalue weighted by Crippen LogP contribution is -1.99. The normalized spacial score (nSPS) is 11.7. The summed E-state index contributed by atoms with van der Waals surface area (Å²) in [5.74, 6) is -1.47. The summed E-state index contributed by atoms with van der Waals surface area (Å²) in [5, 5.41) is 0. The lowest BCUT2D eigenvalue weighted by molar-refractivity contribution is 0.497. The highest BCUT2D eigenvalue weighted by Gasteiger charge is 2.15. The van der Waals surface area contributed by atoms with E-state index in [4.69, 9.17) is 0 Å². The van der Waals surface area contributed by atoms with Gasteiger partial charge in [0.25, 0.3) is 0 Å². The molecule has 0 N–H and O–H groups in total. The standard InChI is InChI=1S/C16H20F2/c1-5-11(4)10-13(7-3)14-9-8-12(6-2)15(17)16(14)18/h7-9H,4-6,10H2,1-3H3/b13-7+. The zero-order chi connectivity index (χ0) is 13.7. The Morgan fingerprint density at radius 1 is 1.22 bits per heavy atom. The summed E-state index contributed by atoms with van der Waals surface area (Å²) in [6, 6.07) is 3.32. The number of hydrogen-bond acceptors (Lipinski definition) is 0. The van der Waals surface area contributed by atoms with Gasteiger partial charge in [0.1, 0.15) is 0 Å². The minimum absolute atomic E-state index is 0.349. The van der Waals surface area contributed by atoms with Crippen molar-refractivity contribution in [2.75, 3.05) is 0 Å². The molecule has 0 unspecified atom stereocenters. The van der Waals surface area contributed by atoms with Crippen LogP contribution < -0.4 is 0 Å². The van der Waals surface area contributed by atoms with Crippen molar-refractivity contribution in [3.05, 3.63) is 53.1 Å². The Hall–Kier alpha value is -1.44. The van der Waals surface area contributed by atoms with E-state index in [0.717, 1.165) is 17.6 Å². The number of allylic oxidation sites excluding steroid dienone is 3. The molecule has 0 atom stereocenters. The maximum absolute atomic E-state index is 14.0. The van der Waals surface area contributed by atoms with Gasteiger partial charge in [-0.25, -0.2) is 8.78 Å². The Morgan fingerprint density at radius 2 is 1.89 bits per heavy atom. The van der Waals surface area contributed by atoms with Crippen molar-refractivity contribution in [1.82, 2.24) is 0 Å². The van der Waals surface area contributed by atoms with Crippen LogP contribution in [-0.4, -0.2) is 0 Å². The Labute approximate surface area is 108 Å². The van der Waals surface area contributed by atoms with Crippen LogP contribution in [0.3, 0.4) is 0 Å². The maximum atomic E-state index is 14.0. The van der Waals surface area contributed by atoms with Gasteiger partial charge < -0.3 is 0 Å². The third kappa shape index (κ3) is 3.06. The molecule has 0 aliphatic carbocycles. The van der Waals surface area contributed by atoms with Crippen molar-refractivity contribution >= 4 is 5.57 Å². The van der Waals surface area contributed by atoms with Crippen LogP contribution >= 0.6 is 0 Å². The summed E-state index contributed by atoms with van der Waals surface area (Å²) in [6.45, 7) is 9.57. The number of rotatable bonds is 5. The average molecular weight is 250 g/mol. The summed E-state index contributed by atoms with van der Waals surface area (Å²) in [5.41, 5.74) is 2.58. The van der Waals surface area contributed by atoms with Crippen LogP contribution in [0.4, 0.5) is 8.78 Å². The molecule has 0 amide bonds. The summed E-state index contributed by atoms with van der Waals surface area (Å²) >= 11 is 0. The van der Waals surface area contributed by atoms with Gasteiger partial charge in [0.2, 0.25) is 0 Å². The molecule has 0 aromatic heterocycles. The van der Waals surface area contributed by atoms with E-state index in [-0.39, 0.29) is 0 Å². The maximum Gasteiger partial charge on any atom is 0.166 e.